The number of para-hydroxylation sites is 1. The van der Waals surface area contributed by atoms with Crippen LogP contribution >= 0.6 is 0 Å². The zero-order valence-electron chi connectivity index (χ0n) is 9.95. The molecule has 5 nitrogen and oxygen atoms in total. The Kier molecular flexibility index (Phi) is 5.16. The number of benzene rings is 1. The van der Waals surface area contributed by atoms with E-state index in [1.54, 1.807) is 31.4 Å². The molecule has 5 heteroatoms. The van der Waals surface area contributed by atoms with E-state index in [2.05, 4.69) is 10.6 Å². The van der Waals surface area contributed by atoms with Gasteiger partial charge >= 0.3 is 0 Å². The van der Waals surface area contributed by atoms with Crippen molar-refractivity contribution in [2.45, 2.75) is 6.92 Å². The predicted octanol–water partition coefficient (Wildman–Crippen LogP) is 1.02. The lowest BCUT2D eigenvalue weighted by Crippen LogP contribution is -2.28. The van der Waals surface area contributed by atoms with E-state index in [1.165, 1.54) is 6.92 Å². The van der Waals surface area contributed by atoms with Crippen LogP contribution in [0.5, 0.6) is 0 Å². The lowest BCUT2D eigenvalue weighted by Gasteiger charge is -2.09. The number of amides is 2. The number of carbonyl (C=O) groups excluding carboxylic acids is 2. The summed E-state index contributed by atoms with van der Waals surface area (Å²) in [5, 5.41) is 5.31. The van der Waals surface area contributed by atoms with E-state index in [1.807, 2.05) is 0 Å². The van der Waals surface area contributed by atoms with Crippen molar-refractivity contribution in [2.75, 3.05) is 25.6 Å². The van der Waals surface area contributed by atoms with Gasteiger partial charge in [0.05, 0.1) is 17.9 Å². The fraction of sp³-hybridized carbons (Fsp3) is 0.333. The number of ether oxygens (including phenoxy) is 1. The summed E-state index contributed by atoms with van der Waals surface area (Å²) < 4.78 is 4.84. The summed E-state index contributed by atoms with van der Waals surface area (Å²) >= 11 is 0. The highest BCUT2D eigenvalue weighted by Gasteiger charge is 2.10. The third-order valence-electron chi connectivity index (χ3n) is 2.07. The summed E-state index contributed by atoms with van der Waals surface area (Å²) in [6.45, 7) is 2.29. The van der Waals surface area contributed by atoms with Crippen molar-refractivity contribution in [3.63, 3.8) is 0 Å². The van der Waals surface area contributed by atoms with Crippen LogP contribution in [0, 0.1) is 0 Å². The molecule has 0 atom stereocenters. The highest BCUT2D eigenvalue weighted by atomic mass is 16.5. The summed E-state index contributed by atoms with van der Waals surface area (Å²) in [6, 6.07) is 6.85. The maximum atomic E-state index is 11.8. The minimum atomic E-state index is -0.230. The second kappa shape index (κ2) is 6.65. The number of carbonyl (C=O) groups is 2. The molecule has 0 aliphatic carbocycles. The van der Waals surface area contributed by atoms with E-state index in [4.69, 9.17) is 4.74 Å². The van der Waals surface area contributed by atoms with Crippen molar-refractivity contribution in [2.24, 2.45) is 0 Å². The molecule has 17 heavy (non-hydrogen) atoms. The maximum absolute atomic E-state index is 11.8. The third-order valence-corrected chi connectivity index (χ3v) is 2.07. The fourth-order valence-corrected chi connectivity index (χ4v) is 1.34. The molecule has 0 unspecified atom stereocenters. The van der Waals surface area contributed by atoms with E-state index >= 15 is 0 Å². The van der Waals surface area contributed by atoms with Gasteiger partial charge in [0, 0.05) is 20.6 Å². The molecule has 0 saturated carbocycles. The first-order valence-electron chi connectivity index (χ1n) is 5.29. The van der Waals surface area contributed by atoms with Crippen LogP contribution in [0.1, 0.15) is 17.3 Å². The predicted molar refractivity (Wildman–Crippen MR) is 65.0 cm³/mol. The average Bonchev–Trinajstić information content (AvgIpc) is 2.29. The average molecular weight is 236 g/mol. The monoisotopic (exact) mass is 236 g/mol. The molecule has 0 heterocycles. The Balaban J connectivity index is 2.74. The largest absolute Gasteiger partial charge is 0.383 e. The molecule has 0 aromatic heterocycles. The fourth-order valence-electron chi connectivity index (χ4n) is 1.34. The first-order chi connectivity index (χ1) is 8.15. The van der Waals surface area contributed by atoms with Crippen LogP contribution in [0.3, 0.4) is 0 Å². The van der Waals surface area contributed by atoms with Crippen LogP contribution in [-0.2, 0) is 9.53 Å². The van der Waals surface area contributed by atoms with Crippen LogP contribution in [0.25, 0.3) is 0 Å². The van der Waals surface area contributed by atoms with E-state index in [9.17, 15) is 9.59 Å². The van der Waals surface area contributed by atoms with Gasteiger partial charge in [0.15, 0.2) is 0 Å². The Labute approximate surface area is 100 Å². The summed E-state index contributed by atoms with van der Waals surface area (Å²) in [4.78, 5) is 22.8. The van der Waals surface area contributed by atoms with E-state index in [0.29, 0.717) is 24.4 Å². The summed E-state index contributed by atoms with van der Waals surface area (Å²) in [7, 11) is 1.57. The number of nitrogens with one attached hydrogen (secondary N) is 2. The Morgan fingerprint density at radius 1 is 1.29 bits per heavy atom. The Bertz CT molecular complexity index is 404. The van der Waals surface area contributed by atoms with E-state index < -0.39 is 0 Å². The van der Waals surface area contributed by atoms with Crippen molar-refractivity contribution < 1.29 is 14.3 Å². The number of hydrogen-bond donors (Lipinski definition) is 2. The van der Waals surface area contributed by atoms with Crippen molar-refractivity contribution in [3.8, 4) is 0 Å². The topological polar surface area (TPSA) is 67.4 Å². The van der Waals surface area contributed by atoms with Crippen molar-refractivity contribution in [1.82, 2.24) is 5.32 Å². The molecule has 0 bridgehead atoms. The van der Waals surface area contributed by atoms with Crippen molar-refractivity contribution in [3.05, 3.63) is 29.8 Å². The molecular formula is C12H16N2O3. The zero-order valence-corrected chi connectivity index (χ0v) is 9.95. The lowest BCUT2D eigenvalue weighted by atomic mass is 10.1. The minimum Gasteiger partial charge on any atom is -0.383 e. The summed E-state index contributed by atoms with van der Waals surface area (Å²) in [5.41, 5.74) is 0.953. The first kappa shape index (κ1) is 13.2. The van der Waals surface area contributed by atoms with Gasteiger partial charge < -0.3 is 15.4 Å². The zero-order chi connectivity index (χ0) is 12.7. The van der Waals surface area contributed by atoms with Gasteiger partial charge in [0.2, 0.25) is 5.91 Å². The highest BCUT2D eigenvalue weighted by Crippen LogP contribution is 2.14. The number of methoxy groups -OCH3 is 1. The Morgan fingerprint density at radius 3 is 2.65 bits per heavy atom. The van der Waals surface area contributed by atoms with Crippen LogP contribution < -0.4 is 10.6 Å². The van der Waals surface area contributed by atoms with Crippen molar-refractivity contribution >= 4 is 17.5 Å². The number of hydrogen-bond acceptors (Lipinski definition) is 3. The van der Waals surface area contributed by atoms with Crippen LogP contribution in [-0.4, -0.2) is 32.1 Å². The first-order valence-corrected chi connectivity index (χ1v) is 5.29. The van der Waals surface area contributed by atoms with Gasteiger partial charge in [-0.3, -0.25) is 9.59 Å². The number of anilines is 1. The van der Waals surface area contributed by atoms with Gasteiger partial charge in [-0.15, -0.1) is 0 Å². The normalized spacial score (nSPS) is 9.76. The summed E-state index contributed by atoms with van der Waals surface area (Å²) in [6.07, 6.45) is 0. The smallest absolute Gasteiger partial charge is 0.253 e. The second-order valence-corrected chi connectivity index (χ2v) is 3.48. The van der Waals surface area contributed by atoms with Crippen LogP contribution in [0.4, 0.5) is 5.69 Å². The molecule has 0 aliphatic rings. The molecule has 92 valence electrons. The molecule has 1 rings (SSSR count). The van der Waals surface area contributed by atoms with Crippen LogP contribution in [0.15, 0.2) is 24.3 Å². The molecule has 1 aromatic rings. The van der Waals surface area contributed by atoms with E-state index in [-0.39, 0.29) is 11.8 Å². The molecule has 0 radical (unpaired) electrons. The standard InChI is InChI=1S/C12H16N2O3/c1-9(15)14-11-6-4-3-5-10(11)12(16)13-7-8-17-2/h3-6H,7-8H2,1-2H3,(H,13,16)(H,14,15). The van der Waals surface area contributed by atoms with Crippen molar-refractivity contribution in [1.29, 1.82) is 0 Å². The quantitative estimate of drug-likeness (QED) is 0.750. The molecule has 0 fully saturated rings. The van der Waals surface area contributed by atoms with Gasteiger partial charge in [-0.05, 0) is 12.1 Å². The Hall–Kier alpha value is -1.88. The van der Waals surface area contributed by atoms with E-state index in [0.717, 1.165) is 0 Å². The molecule has 0 aliphatic heterocycles. The van der Waals surface area contributed by atoms with Gasteiger partial charge in [0.1, 0.15) is 0 Å². The number of rotatable bonds is 5. The molecule has 2 N–H and O–H groups in total. The third kappa shape index (κ3) is 4.24. The lowest BCUT2D eigenvalue weighted by molar-refractivity contribution is -0.114. The van der Waals surface area contributed by atoms with Gasteiger partial charge in [-0.1, -0.05) is 12.1 Å². The molecular weight excluding hydrogens is 220 g/mol. The highest BCUT2D eigenvalue weighted by molar-refractivity contribution is 6.03. The Morgan fingerprint density at radius 2 is 2.00 bits per heavy atom. The molecule has 2 amide bonds. The molecule has 0 spiro atoms. The SMILES string of the molecule is COCCNC(=O)c1ccccc1NC(C)=O. The second-order valence-electron chi connectivity index (χ2n) is 3.48. The molecule has 1 aromatic carbocycles. The van der Waals surface area contributed by atoms with Gasteiger partial charge in [-0.2, -0.15) is 0 Å². The maximum Gasteiger partial charge on any atom is 0.253 e. The van der Waals surface area contributed by atoms with Gasteiger partial charge in [-0.25, -0.2) is 0 Å². The van der Waals surface area contributed by atoms with Crippen LogP contribution in [0.2, 0.25) is 0 Å². The molecule has 0 saturated heterocycles. The van der Waals surface area contributed by atoms with Gasteiger partial charge in [0.25, 0.3) is 5.91 Å². The summed E-state index contributed by atoms with van der Waals surface area (Å²) in [5.74, 6) is -0.437. The minimum absolute atomic E-state index is 0.206.